The summed E-state index contributed by atoms with van der Waals surface area (Å²) in [6, 6.07) is 7.92. The molecular weight excluding hydrogens is 354 g/mol. The lowest BCUT2D eigenvalue weighted by Gasteiger charge is -2.26. The third-order valence-electron chi connectivity index (χ3n) is 4.02. The molecule has 0 bridgehead atoms. The Kier molecular flexibility index (Phi) is 4.93. The van der Waals surface area contributed by atoms with Crippen LogP contribution in [0, 0.1) is 10.1 Å². The van der Waals surface area contributed by atoms with Gasteiger partial charge < -0.3 is 19.8 Å². The van der Waals surface area contributed by atoms with Gasteiger partial charge in [-0.3, -0.25) is 10.1 Å². The molecule has 1 aromatic carbocycles. The highest BCUT2D eigenvalue weighted by Gasteiger charge is 2.34. The van der Waals surface area contributed by atoms with E-state index < -0.39 is 23.0 Å². The summed E-state index contributed by atoms with van der Waals surface area (Å²) in [4.78, 5) is 34.6. The third-order valence-corrected chi connectivity index (χ3v) is 4.02. The lowest BCUT2D eigenvalue weighted by Crippen LogP contribution is -2.45. The fourth-order valence-electron chi connectivity index (χ4n) is 2.82. The number of allylic oxidation sites excluding steroid dienone is 1. The number of nitro groups is 1. The Labute approximate surface area is 154 Å². The van der Waals surface area contributed by atoms with E-state index in [2.05, 4.69) is 10.6 Å². The van der Waals surface area contributed by atoms with Crippen LogP contribution in [0.5, 0.6) is 0 Å². The molecule has 1 unspecified atom stereocenters. The van der Waals surface area contributed by atoms with Crippen LogP contribution in [-0.4, -0.2) is 23.5 Å². The fourth-order valence-corrected chi connectivity index (χ4v) is 2.82. The van der Waals surface area contributed by atoms with Crippen molar-refractivity contribution in [3.05, 3.63) is 63.5 Å². The molecule has 0 spiro atoms. The lowest BCUT2D eigenvalue weighted by atomic mass is 10.0. The van der Waals surface area contributed by atoms with Crippen LogP contribution in [-0.2, 0) is 9.53 Å². The maximum Gasteiger partial charge on any atom is 0.338 e. The molecule has 9 nitrogen and oxygen atoms in total. The Morgan fingerprint density at radius 3 is 2.81 bits per heavy atom. The summed E-state index contributed by atoms with van der Waals surface area (Å²) < 4.78 is 10.9. The molecule has 0 radical (unpaired) electrons. The van der Waals surface area contributed by atoms with Crippen LogP contribution in [0.4, 0.5) is 10.5 Å². The molecule has 140 valence electrons. The maximum absolute atomic E-state index is 12.3. The summed E-state index contributed by atoms with van der Waals surface area (Å²) in [5.41, 5.74) is 1.05. The highest BCUT2D eigenvalue weighted by atomic mass is 16.6. The molecule has 1 aromatic heterocycles. The fraction of sp³-hybridized carbons (Fsp3) is 0.222. The number of nitrogens with one attached hydrogen (secondary N) is 2. The van der Waals surface area contributed by atoms with Crippen molar-refractivity contribution in [2.75, 3.05) is 6.61 Å². The lowest BCUT2D eigenvalue weighted by molar-refractivity contribution is -0.384. The zero-order valence-electron chi connectivity index (χ0n) is 14.6. The number of nitro benzene ring substituents is 1. The number of amides is 2. The van der Waals surface area contributed by atoms with Crippen LogP contribution in [0.25, 0.3) is 11.3 Å². The number of esters is 1. The number of non-ortho nitro benzene ring substituents is 1. The molecule has 2 aromatic rings. The standard InChI is InChI=1S/C18H17N3O6/c1-3-26-17(22)15-10(2)19-18(23)20-16(15)14-8-7-13(27-14)11-5-4-6-12(9-11)21(24)25/h4-9,16H,3H2,1-2H3,(H2,19,20,23). The molecular formula is C18H17N3O6. The Hall–Kier alpha value is -3.62. The molecule has 2 N–H and O–H groups in total. The molecule has 1 aliphatic rings. The van der Waals surface area contributed by atoms with Crippen molar-refractivity contribution in [2.45, 2.75) is 19.9 Å². The average Bonchev–Trinajstić information content (AvgIpc) is 3.11. The van der Waals surface area contributed by atoms with Crippen LogP contribution in [0.1, 0.15) is 25.6 Å². The number of carbonyl (C=O) groups excluding carboxylic acids is 2. The summed E-state index contributed by atoms with van der Waals surface area (Å²) in [6.07, 6.45) is 0. The van der Waals surface area contributed by atoms with E-state index in [-0.39, 0.29) is 17.9 Å². The van der Waals surface area contributed by atoms with E-state index in [4.69, 9.17) is 9.15 Å². The maximum atomic E-state index is 12.3. The first kappa shape index (κ1) is 18.2. The second-order valence-corrected chi connectivity index (χ2v) is 5.80. The van der Waals surface area contributed by atoms with E-state index in [0.717, 1.165) is 0 Å². The smallest absolute Gasteiger partial charge is 0.338 e. The number of nitrogens with zero attached hydrogens (tertiary/aromatic N) is 1. The largest absolute Gasteiger partial charge is 0.463 e. The molecule has 1 atom stereocenters. The summed E-state index contributed by atoms with van der Waals surface area (Å²) in [5.74, 6) is 0.122. The Balaban J connectivity index is 1.97. The van der Waals surface area contributed by atoms with Crippen molar-refractivity contribution in [3.8, 4) is 11.3 Å². The van der Waals surface area contributed by atoms with E-state index in [1.165, 1.54) is 12.1 Å². The molecule has 0 saturated heterocycles. The van der Waals surface area contributed by atoms with Crippen molar-refractivity contribution >= 4 is 17.7 Å². The molecule has 2 amide bonds. The van der Waals surface area contributed by atoms with Gasteiger partial charge in [0.15, 0.2) is 0 Å². The van der Waals surface area contributed by atoms with Gasteiger partial charge in [0.2, 0.25) is 0 Å². The second kappa shape index (κ2) is 7.32. The quantitative estimate of drug-likeness (QED) is 0.473. The summed E-state index contributed by atoms with van der Waals surface area (Å²) in [6.45, 7) is 3.47. The Morgan fingerprint density at radius 1 is 1.33 bits per heavy atom. The number of benzene rings is 1. The van der Waals surface area contributed by atoms with Crippen molar-refractivity contribution in [2.24, 2.45) is 0 Å². The van der Waals surface area contributed by atoms with Crippen LogP contribution in [0.2, 0.25) is 0 Å². The van der Waals surface area contributed by atoms with Gasteiger partial charge >= 0.3 is 12.0 Å². The number of rotatable bonds is 5. The number of furan rings is 1. The Bertz CT molecular complexity index is 946. The number of ether oxygens (including phenoxy) is 1. The molecule has 9 heteroatoms. The zero-order valence-corrected chi connectivity index (χ0v) is 14.6. The average molecular weight is 371 g/mol. The number of hydrogen-bond donors (Lipinski definition) is 2. The van der Waals surface area contributed by atoms with Gasteiger partial charge in [-0.15, -0.1) is 0 Å². The van der Waals surface area contributed by atoms with E-state index in [1.807, 2.05) is 0 Å². The van der Waals surface area contributed by atoms with Crippen molar-refractivity contribution in [3.63, 3.8) is 0 Å². The summed E-state index contributed by atoms with van der Waals surface area (Å²) in [5, 5.41) is 16.1. The van der Waals surface area contributed by atoms with Crippen LogP contribution in [0.3, 0.4) is 0 Å². The highest BCUT2D eigenvalue weighted by Crippen LogP contribution is 2.32. The van der Waals surface area contributed by atoms with Gasteiger partial charge in [-0.1, -0.05) is 12.1 Å². The van der Waals surface area contributed by atoms with Crippen molar-refractivity contribution in [1.29, 1.82) is 0 Å². The van der Waals surface area contributed by atoms with Gasteiger partial charge in [-0.05, 0) is 26.0 Å². The topological polar surface area (TPSA) is 124 Å². The number of carbonyl (C=O) groups is 2. The van der Waals surface area contributed by atoms with Gasteiger partial charge in [0.25, 0.3) is 5.69 Å². The predicted octanol–water partition coefficient (Wildman–Crippen LogP) is 3.05. The monoisotopic (exact) mass is 371 g/mol. The Morgan fingerprint density at radius 2 is 2.11 bits per heavy atom. The van der Waals surface area contributed by atoms with Crippen molar-refractivity contribution in [1.82, 2.24) is 10.6 Å². The second-order valence-electron chi connectivity index (χ2n) is 5.80. The summed E-state index contributed by atoms with van der Waals surface area (Å²) >= 11 is 0. The molecule has 1 aliphatic heterocycles. The minimum absolute atomic E-state index is 0.0661. The minimum atomic E-state index is -0.828. The molecule has 0 aliphatic carbocycles. The SMILES string of the molecule is CCOC(=O)C1=C(C)NC(=O)NC1c1ccc(-c2cccc([N+](=O)[O-])c2)o1. The zero-order chi connectivity index (χ0) is 19.6. The predicted molar refractivity (Wildman–Crippen MR) is 94.5 cm³/mol. The van der Waals surface area contributed by atoms with Gasteiger partial charge in [0, 0.05) is 23.4 Å². The molecule has 3 rings (SSSR count). The van der Waals surface area contributed by atoms with Gasteiger partial charge in [0.05, 0.1) is 17.1 Å². The first-order valence-electron chi connectivity index (χ1n) is 8.20. The van der Waals surface area contributed by atoms with Gasteiger partial charge in [-0.2, -0.15) is 0 Å². The first-order chi connectivity index (χ1) is 12.9. The number of urea groups is 1. The first-order valence-corrected chi connectivity index (χ1v) is 8.20. The number of hydrogen-bond acceptors (Lipinski definition) is 6. The van der Waals surface area contributed by atoms with Crippen LogP contribution >= 0.6 is 0 Å². The third kappa shape index (κ3) is 3.66. The van der Waals surface area contributed by atoms with Gasteiger partial charge in [-0.25, -0.2) is 9.59 Å². The van der Waals surface area contributed by atoms with Crippen LogP contribution in [0.15, 0.2) is 52.1 Å². The van der Waals surface area contributed by atoms with Gasteiger partial charge in [0.1, 0.15) is 17.6 Å². The normalized spacial score (nSPS) is 16.5. The molecule has 0 fully saturated rings. The summed E-state index contributed by atoms with van der Waals surface area (Å²) in [7, 11) is 0. The van der Waals surface area contributed by atoms with E-state index in [1.54, 1.807) is 38.1 Å². The van der Waals surface area contributed by atoms with Crippen molar-refractivity contribution < 1.29 is 23.7 Å². The van der Waals surface area contributed by atoms with E-state index in [0.29, 0.717) is 22.8 Å². The molecule has 27 heavy (non-hydrogen) atoms. The van der Waals surface area contributed by atoms with Crippen LogP contribution < -0.4 is 10.6 Å². The van der Waals surface area contributed by atoms with E-state index in [9.17, 15) is 19.7 Å². The van der Waals surface area contributed by atoms with E-state index >= 15 is 0 Å². The molecule has 2 heterocycles. The minimum Gasteiger partial charge on any atom is -0.463 e. The highest BCUT2D eigenvalue weighted by molar-refractivity contribution is 5.94. The molecule has 0 saturated carbocycles.